The average Bonchev–Trinajstić information content (AvgIpc) is 3.17. The normalized spacial score (nSPS) is 11.7. The number of para-hydroxylation sites is 1. The van der Waals surface area contributed by atoms with Crippen molar-refractivity contribution in [1.82, 2.24) is 4.98 Å². The van der Waals surface area contributed by atoms with E-state index in [-0.39, 0.29) is 16.1 Å². The Balaban J connectivity index is 1.87. The van der Waals surface area contributed by atoms with Crippen molar-refractivity contribution in [1.29, 1.82) is 0 Å². The Morgan fingerprint density at radius 3 is 2.85 bits per heavy atom. The SMILES string of the molecule is O=C(Nc1nccs1)c1cc2ccccc2oc1=Nc1ccc(F)c(Cl)c1. The van der Waals surface area contributed by atoms with Crippen LogP contribution < -0.4 is 10.9 Å². The topological polar surface area (TPSA) is 67.5 Å². The van der Waals surface area contributed by atoms with Gasteiger partial charge in [0, 0.05) is 17.0 Å². The highest BCUT2D eigenvalue weighted by Crippen LogP contribution is 2.22. The molecule has 1 amide bonds. The molecule has 0 saturated carbocycles. The molecule has 0 unspecified atom stereocenters. The first kappa shape index (κ1) is 17.4. The number of fused-ring (bicyclic) bond motifs is 1. The number of carbonyl (C=O) groups is 1. The Morgan fingerprint density at radius 2 is 2.07 bits per heavy atom. The highest BCUT2D eigenvalue weighted by atomic mass is 35.5. The van der Waals surface area contributed by atoms with Crippen molar-refractivity contribution in [3.63, 3.8) is 0 Å². The fourth-order valence-electron chi connectivity index (χ4n) is 2.44. The number of thiazole rings is 1. The van der Waals surface area contributed by atoms with Crippen LogP contribution in [0.1, 0.15) is 10.4 Å². The van der Waals surface area contributed by atoms with E-state index in [4.69, 9.17) is 16.0 Å². The molecule has 2 aromatic carbocycles. The zero-order valence-electron chi connectivity index (χ0n) is 13.6. The average molecular weight is 400 g/mol. The zero-order chi connectivity index (χ0) is 18.8. The minimum atomic E-state index is -0.548. The summed E-state index contributed by atoms with van der Waals surface area (Å²) in [5.74, 6) is -0.959. The number of nitrogens with one attached hydrogen (secondary N) is 1. The maximum absolute atomic E-state index is 13.4. The molecule has 134 valence electrons. The van der Waals surface area contributed by atoms with Gasteiger partial charge in [0.15, 0.2) is 5.13 Å². The second kappa shape index (κ2) is 7.30. The Kier molecular flexibility index (Phi) is 4.70. The molecule has 0 bridgehead atoms. The summed E-state index contributed by atoms with van der Waals surface area (Å²) < 4.78 is 19.2. The quantitative estimate of drug-likeness (QED) is 0.517. The second-order valence-corrected chi connectivity index (χ2v) is 6.81. The third kappa shape index (κ3) is 3.74. The van der Waals surface area contributed by atoms with E-state index in [1.54, 1.807) is 23.7 Å². The lowest BCUT2D eigenvalue weighted by Crippen LogP contribution is -2.21. The first-order valence-electron chi connectivity index (χ1n) is 7.84. The van der Waals surface area contributed by atoms with Crippen LogP contribution in [0.25, 0.3) is 11.0 Å². The number of anilines is 1. The Hall–Kier alpha value is -3.03. The molecule has 0 fully saturated rings. The molecule has 1 N–H and O–H groups in total. The summed E-state index contributed by atoms with van der Waals surface area (Å²) in [5, 5.41) is 5.61. The number of halogens is 2. The molecule has 2 heterocycles. The van der Waals surface area contributed by atoms with Crippen molar-refractivity contribution in [3.8, 4) is 0 Å². The maximum Gasteiger partial charge on any atom is 0.262 e. The molecule has 27 heavy (non-hydrogen) atoms. The summed E-state index contributed by atoms with van der Waals surface area (Å²) in [6.07, 6.45) is 1.59. The van der Waals surface area contributed by atoms with E-state index < -0.39 is 11.7 Å². The third-order valence-corrected chi connectivity index (χ3v) is 4.67. The molecule has 4 rings (SSSR count). The van der Waals surface area contributed by atoms with E-state index >= 15 is 0 Å². The molecule has 0 saturated heterocycles. The van der Waals surface area contributed by atoms with E-state index in [0.717, 1.165) is 5.39 Å². The van der Waals surface area contributed by atoms with Crippen LogP contribution in [0.4, 0.5) is 15.2 Å². The number of nitrogens with zero attached hydrogens (tertiary/aromatic N) is 2. The molecule has 4 aromatic rings. The van der Waals surface area contributed by atoms with Gasteiger partial charge in [-0.15, -0.1) is 11.3 Å². The van der Waals surface area contributed by atoms with Gasteiger partial charge < -0.3 is 4.42 Å². The van der Waals surface area contributed by atoms with Gasteiger partial charge >= 0.3 is 0 Å². The van der Waals surface area contributed by atoms with Gasteiger partial charge in [-0.2, -0.15) is 0 Å². The molecular weight excluding hydrogens is 389 g/mol. The highest BCUT2D eigenvalue weighted by Gasteiger charge is 2.14. The zero-order valence-corrected chi connectivity index (χ0v) is 15.2. The van der Waals surface area contributed by atoms with E-state index in [1.165, 1.54) is 29.5 Å². The predicted molar refractivity (Wildman–Crippen MR) is 103 cm³/mol. The lowest BCUT2D eigenvalue weighted by molar-refractivity contribution is 0.102. The summed E-state index contributed by atoms with van der Waals surface area (Å²) >= 11 is 7.12. The lowest BCUT2D eigenvalue weighted by Gasteiger charge is -2.05. The van der Waals surface area contributed by atoms with Gasteiger partial charge in [0.1, 0.15) is 17.0 Å². The van der Waals surface area contributed by atoms with Crippen LogP contribution in [0.2, 0.25) is 5.02 Å². The molecule has 0 aliphatic heterocycles. The summed E-state index contributed by atoms with van der Waals surface area (Å²) in [7, 11) is 0. The minimum absolute atomic E-state index is 0.0640. The summed E-state index contributed by atoms with van der Waals surface area (Å²) in [5.41, 5.74) is 1.24. The number of benzene rings is 2. The van der Waals surface area contributed by atoms with Crippen LogP contribution in [0.3, 0.4) is 0 Å². The van der Waals surface area contributed by atoms with Gasteiger partial charge in [0.2, 0.25) is 5.55 Å². The van der Waals surface area contributed by atoms with Crippen molar-refractivity contribution in [2.45, 2.75) is 0 Å². The van der Waals surface area contributed by atoms with Crippen LogP contribution in [0.5, 0.6) is 0 Å². The van der Waals surface area contributed by atoms with Crippen LogP contribution in [-0.4, -0.2) is 10.9 Å². The fourth-order valence-corrected chi connectivity index (χ4v) is 3.14. The molecule has 0 radical (unpaired) electrons. The van der Waals surface area contributed by atoms with E-state index in [2.05, 4.69) is 15.3 Å². The van der Waals surface area contributed by atoms with E-state index in [1.807, 2.05) is 18.2 Å². The molecule has 0 atom stereocenters. The second-order valence-electron chi connectivity index (χ2n) is 5.50. The van der Waals surface area contributed by atoms with Gasteiger partial charge in [0.25, 0.3) is 5.91 Å². The Bertz CT molecular complexity index is 1210. The number of amides is 1. The van der Waals surface area contributed by atoms with Gasteiger partial charge in [-0.05, 0) is 30.3 Å². The highest BCUT2D eigenvalue weighted by molar-refractivity contribution is 7.13. The number of rotatable bonds is 3. The standard InChI is InChI=1S/C19H11ClFN3O2S/c20-14-10-12(5-6-15(14)21)23-18-13(17(25)24-19-22-7-8-27-19)9-11-3-1-2-4-16(11)26-18/h1-10H,(H,22,24,25). The number of carbonyl (C=O) groups excluding carboxylic acids is 1. The molecule has 0 aliphatic rings. The fraction of sp³-hybridized carbons (Fsp3) is 0. The van der Waals surface area contributed by atoms with Crippen molar-refractivity contribution in [2.75, 3.05) is 5.32 Å². The van der Waals surface area contributed by atoms with Crippen LogP contribution in [0.15, 0.2) is 69.5 Å². The van der Waals surface area contributed by atoms with Crippen molar-refractivity contribution in [2.24, 2.45) is 4.99 Å². The summed E-state index contributed by atoms with van der Waals surface area (Å²) in [6, 6.07) is 13.0. The number of hydrogen-bond acceptors (Lipinski definition) is 5. The Morgan fingerprint density at radius 1 is 1.22 bits per heavy atom. The van der Waals surface area contributed by atoms with Gasteiger partial charge in [-0.3, -0.25) is 10.1 Å². The molecule has 0 aliphatic carbocycles. The van der Waals surface area contributed by atoms with E-state index in [0.29, 0.717) is 16.4 Å². The van der Waals surface area contributed by atoms with Crippen LogP contribution in [-0.2, 0) is 0 Å². The van der Waals surface area contributed by atoms with Crippen molar-refractivity contribution in [3.05, 3.63) is 82.1 Å². The summed E-state index contributed by atoms with van der Waals surface area (Å²) in [6.45, 7) is 0. The maximum atomic E-state index is 13.4. The molecule has 5 nitrogen and oxygen atoms in total. The summed E-state index contributed by atoms with van der Waals surface area (Å²) in [4.78, 5) is 21.1. The monoisotopic (exact) mass is 399 g/mol. The number of hydrogen-bond donors (Lipinski definition) is 1. The van der Waals surface area contributed by atoms with Gasteiger partial charge in [-0.1, -0.05) is 29.8 Å². The van der Waals surface area contributed by atoms with Gasteiger partial charge in [-0.25, -0.2) is 14.4 Å². The first-order chi connectivity index (χ1) is 13.1. The van der Waals surface area contributed by atoms with Gasteiger partial charge in [0.05, 0.1) is 10.7 Å². The number of aromatic nitrogens is 1. The van der Waals surface area contributed by atoms with Crippen LogP contribution >= 0.6 is 22.9 Å². The van der Waals surface area contributed by atoms with Crippen molar-refractivity contribution >= 4 is 50.6 Å². The lowest BCUT2D eigenvalue weighted by atomic mass is 10.2. The van der Waals surface area contributed by atoms with E-state index in [9.17, 15) is 9.18 Å². The molecule has 0 spiro atoms. The molecule has 2 aromatic heterocycles. The predicted octanol–water partition coefficient (Wildman–Crippen LogP) is 5.17. The van der Waals surface area contributed by atoms with Crippen molar-refractivity contribution < 1.29 is 13.6 Å². The first-order valence-corrected chi connectivity index (χ1v) is 9.09. The molecular formula is C19H11ClFN3O2S. The minimum Gasteiger partial charge on any atom is -0.438 e. The molecule has 8 heteroatoms. The smallest absolute Gasteiger partial charge is 0.262 e. The van der Waals surface area contributed by atoms with Crippen LogP contribution in [0, 0.1) is 5.82 Å². The largest absolute Gasteiger partial charge is 0.438 e. The Labute approximate surface area is 161 Å². The third-order valence-electron chi connectivity index (χ3n) is 3.69.